The highest BCUT2D eigenvalue weighted by atomic mass is 15.0. The van der Waals surface area contributed by atoms with E-state index in [2.05, 4.69) is 34.9 Å². The van der Waals surface area contributed by atoms with E-state index in [1.165, 1.54) is 58.2 Å². The summed E-state index contributed by atoms with van der Waals surface area (Å²) in [6.45, 7) is 3.66. The van der Waals surface area contributed by atoms with Crippen LogP contribution >= 0.6 is 0 Å². The zero-order valence-electron chi connectivity index (χ0n) is 12.3. The summed E-state index contributed by atoms with van der Waals surface area (Å²) in [5.41, 5.74) is 3.78. The van der Waals surface area contributed by atoms with Crippen molar-refractivity contribution >= 4 is 0 Å². The third-order valence-corrected chi connectivity index (χ3v) is 5.81. The molecule has 0 unspecified atom stereocenters. The molecular formula is C18H26N2. The predicted molar refractivity (Wildman–Crippen MR) is 83.1 cm³/mol. The molecule has 1 aromatic carbocycles. The van der Waals surface area contributed by atoms with Crippen molar-refractivity contribution in [1.82, 2.24) is 10.6 Å². The predicted octanol–water partition coefficient (Wildman–Crippen LogP) is 2.62. The van der Waals surface area contributed by atoms with E-state index in [-0.39, 0.29) is 0 Å². The van der Waals surface area contributed by atoms with Gasteiger partial charge in [0.15, 0.2) is 0 Å². The van der Waals surface area contributed by atoms with E-state index in [1.54, 1.807) is 11.1 Å². The van der Waals surface area contributed by atoms with Crippen LogP contribution in [0.15, 0.2) is 24.3 Å². The smallest absolute Gasteiger partial charge is 0.0174 e. The molecular weight excluding hydrogens is 244 g/mol. The third kappa shape index (κ3) is 2.19. The lowest BCUT2D eigenvalue weighted by atomic mass is 9.79. The van der Waals surface area contributed by atoms with Gasteiger partial charge < -0.3 is 10.6 Å². The molecule has 1 spiro atoms. The summed E-state index contributed by atoms with van der Waals surface area (Å²) in [4.78, 5) is 0. The molecule has 4 rings (SSSR count). The Bertz CT molecular complexity index is 478. The monoisotopic (exact) mass is 270 g/mol. The average molecular weight is 270 g/mol. The first kappa shape index (κ1) is 12.8. The van der Waals surface area contributed by atoms with Crippen molar-refractivity contribution in [3.8, 4) is 0 Å². The second-order valence-corrected chi connectivity index (χ2v) is 7.03. The first-order chi connectivity index (χ1) is 9.88. The van der Waals surface area contributed by atoms with Gasteiger partial charge in [-0.15, -0.1) is 0 Å². The molecule has 108 valence electrons. The van der Waals surface area contributed by atoms with Crippen LogP contribution in [-0.2, 0) is 11.8 Å². The molecule has 2 N–H and O–H groups in total. The quantitative estimate of drug-likeness (QED) is 0.882. The van der Waals surface area contributed by atoms with Crippen molar-refractivity contribution in [2.75, 3.05) is 19.6 Å². The van der Waals surface area contributed by atoms with E-state index < -0.39 is 0 Å². The molecule has 1 aliphatic heterocycles. The van der Waals surface area contributed by atoms with Crippen LogP contribution in [0.3, 0.4) is 0 Å². The highest BCUT2D eigenvalue weighted by Gasteiger charge is 2.56. The topological polar surface area (TPSA) is 24.1 Å². The van der Waals surface area contributed by atoms with E-state index in [0.29, 0.717) is 5.41 Å². The molecule has 1 saturated carbocycles. The van der Waals surface area contributed by atoms with E-state index in [0.717, 1.165) is 12.0 Å². The lowest BCUT2D eigenvalue weighted by Crippen LogP contribution is -2.36. The van der Waals surface area contributed by atoms with E-state index in [9.17, 15) is 0 Å². The van der Waals surface area contributed by atoms with Crippen molar-refractivity contribution in [1.29, 1.82) is 0 Å². The Kier molecular flexibility index (Phi) is 3.31. The van der Waals surface area contributed by atoms with E-state index in [1.807, 2.05) is 0 Å². The summed E-state index contributed by atoms with van der Waals surface area (Å²) in [5.74, 6) is 0.896. The summed E-state index contributed by atoms with van der Waals surface area (Å²) < 4.78 is 0. The number of hydrogen-bond acceptors (Lipinski definition) is 2. The fourth-order valence-corrected chi connectivity index (χ4v) is 4.49. The van der Waals surface area contributed by atoms with Gasteiger partial charge in [0.05, 0.1) is 0 Å². The summed E-state index contributed by atoms with van der Waals surface area (Å²) in [6, 6.07) is 9.92. The van der Waals surface area contributed by atoms with Gasteiger partial charge in [0, 0.05) is 11.5 Å². The van der Waals surface area contributed by atoms with E-state index in [4.69, 9.17) is 0 Å². The molecule has 2 fully saturated rings. The highest BCUT2D eigenvalue weighted by Crippen LogP contribution is 2.55. The van der Waals surface area contributed by atoms with Gasteiger partial charge in [0.1, 0.15) is 0 Å². The van der Waals surface area contributed by atoms with Crippen LogP contribution in [0.5, 0.6) is 0 Å². The summed E-state index contributed by atoms with van der Waals surface area (Å²) in [7, 11) is 0. The Morgan fingerprint density at radius 2 is 2.05 bits per heavy atom. The largest absolute Gasteiger partial charge is 0.317 e. The summed E-state index contributed by atoms with van der Waals surface area (Å²) in [5, 5.41) is 7.36. The normalized spacial score (nSPS) is 33.1. The summed E-state index contributed by atoms with van der Waals surface area (Å²) >= 11 is 0. The maximum absolute atomic E-state index is 3.90. The SMILES string of the molecule is c1ccc2c(c1)CCC[C@]21C[C@@H]1NCC1CCNCC1. The minimum Gasteiger partial charge on any atom is -0.317 e. The van der Waals surface area contributed by atoms with Crippen LogP contribution < -0.4 is 10.6 Å². The Morgan fingerprint density at radius 1 is 1.20 bits per heavy atom. The molecule has 3 aliphatic rings. The number of aryl methyl sites for hydroxylation is 1. The third-order valence-electron chi connectivity index (χ3n) is 5.81. The van der Waals surface area contributed by atoms with Crippen LogP contribution in [-0.4, -0.2) is 25.7 Å². The van der Waals surface area contributed by atoms with Crippen LogP contribution in [0.4, 0.5) is 0 Å². The van der Waals surface area contributed by atoms with Gasteiger partial charge in [-0.2, -0.15) is 0 Å². The van der Waals surface area contributed by atoms with Crippen LogP contribution in [0.2, 0.25) is 0 Å². The number of rotatable bonds is 3. The maximum atomic E-state index is 3.90. The second-order valence-electron chi connectivity index (χ2n) is 7.03. The van der Waals surface area contributed by atoms with Crippen molar-refractivity contribution in [3.63, 3.8) is 0 Å². The number of nitrogens with one attached hydrogen (secondary N) is 2. The molecule has 1 aromatic rings. The fraction of sp³-hybridized carbons (Fsp3) is 0.667. The molecule has 0 radical (unpaired) electrons. The Hall–Kier alpha value is -0.860. The number of hydrogen-bond donors (Lipinski definition) is 2. The number of piperidine rings is 1. The number of fused-ring (bicyclic) bond motifs is 2. The minimum absolute atomic E-state index is 0.502. The Morgan fingerprint density at radius 3 is 2.95 bits per heavy atom. The molecule has 1 saturated heterocycles. The van der Waals surface area contributed by atoms with Gasteiger partial charge in [-0.3, -0.25) is 0 Å². The zero-order chi connectivity index (χ0) is 13.4. The molecule has 0 amide bonds. The molecule has 0 aromatic heterocycles. The standard InChI is InChI=1S/C18H26N2/c1-2-6-16-15(4-1)5-3-9-18(16)12-17(18)20-13-14-7-10-19-11-8-14/h1-2,4,6,14,17,19-20H,3,5,7-13H2/t17-,18-/m0/s1. The molecule has 1 heterocycles. The van der Waals surface area contributed by atoms with Gasteiger partial charge in [0.25, 0.3) is 0 Å². The zero-order valence-corrected chi connectivity index (χ0v) is 12.3. The first-order valence-electron chi connectivity index (χ1n) is 8.41. The molecule has 0 bridgehead atoms. The molecule has 2 nitrogen and oxygen atoms in total. The molecule has 2 heteroatoms. The van der Waals surface area contributed by atoms with Gasteiger partial charge in [-0.1, -0.05) is 24.3 Å². The van der Waals surface area contributed by atoms with Crippen molar-refractivity contribution < 1.29 is 0 Å². The lowest BCUT2D eigenvalue weighted by Gasteiger charge is -2.28. The van der Waals surface area contributed by atoms with Gasteiger partial charge in [0.2, 0.25) is 0 Å². The van der Waals surface area contributed by atoms with Crippen LogP contribution in [0.1, 0.15) is 43.2 Å². The van der Waals surface area contributed by atoms with Crippen LogP contribution in [0, 0.1) is 5.92 Å². The van der Waals surface area contributed by atoms with Crippen molar-refractivity contribution in [2.24, 2.45) is 5.92 Å². The minimum atomic E-state index is 0.502. The molecule has 2 atom stereocenters. The highest BCUT2D eigenvalue weighted by molar-refractivity contribution is 5.44. The first-order valence-corrected chi connectivity index (χ1v) is 8.41. The molecule has 20 heavy (non-hydrogen) atoms. The number of benzene rings is 1. The van der Waals surface area contributed by atoms with Crippen molar-refractivity contribution in [2.45, 2.75) is 50.0 Å². The lowest BCUT2D eigenvalue weighted by molar-refractivity contribution is 0.349. The molecule has 2 aliphatic carbocycles. The second kappa shape index (κ2) is 5.16. The van der Waals surface area contributed by atoms with E-state index >= 15 is 0 Å². The Balaban J connectivity index is 1.41. The Labute approximate surface area is 122 Å². The van der Waals surface area contributed by atoms with Crippen molar-refractivity contribution in [3.05, 3.63) is 35.4 Å². The average Bonchev–Trinajstić information content (AvgIpc) is 3.20. The maximum Gasteiger partial charge on any atom is 0.0174 e. The van der Waals surface area contributed by atoms with Crippen LogP contribution in [0.25, 0.3) is 0 Å². The van der Waals surface area contributed by atoms with Gasteiger partial charge in [-0.25, -0.2) is 0 Å². The van der Waals surface area contributed by atoms with Gasteiger partial charge >= 0.3 is 0 Å². The summed E-state index contributed by atoms with van der Waals surface area (Å²) in [6.07, 6.45) is 8.14. The van der Waals surface area contributed by atoms with Gasteiger partial charge in [-0.05, 0) is 75.2 Å². The fourth-order valence-electron chi connectivity index (χ4n) is 4.49.